The van der Waals surface area contributed by atoms with Gasteiger partial charge in [0.1, 0.15) is 0 Å². The minimum atomic E-state index is -0.442. The Bertz CT molecular complexity index is 510. The van der Waals surface area contributed by atoms with Crippen LogP contribution in [0.5, 0.6) is 0 Å². The maximum Gasteiger partial charge on any atom is 0.274 e. The van der Waals surface area contributed by atoms with Crippen molar-refractivity contribution in [3.05, 3.63) is 39.9 Å². The second-order valence-corrected chi connectivity index (χ2v) is 5.41. The normalized spacial score (nSPS) is 16.9. The van der Waals surface area contributed by atoms with Crippen LogP contribution in [-0.2, 0) is 11.3 Å². The van der Waals surface area contributed by atoms with Crippen LogP contribution in [0.15, 0.2) is 24.3 Å². The molecule has 0 heterocycles. The van der Waals surface area contributed by atoms with Crippen LogP contribution in [0.2, 0.25) is 0 Å². The smallest absolute Gasteiger partial charge is 0.274 e. The lowest BCUT2D eigenvalue weighted by Crippen LogP contribution is -2.42. The number of amides is 1. The predicted molar refractivity (Wildman–Crippen MR) is 74.9 cm³/mol. The molecule has 1 aromatic carbocycles. The van der Waals surface area contributed by atoms with Crippen molar-refractivity contribution >= 4 is 11.6 Å². The minimum Gasteiger partial charge on any atom is -0.352 e. The van der Waals surface area contributed by atoms with E-state index < -0.39 is 10.5 Å². The fourth-order valence-electron chi connectivity index (χ4n) is 2.67. The van der Waals surface area contributed by atoms with E-state index in [1.54, 1.807) is 18.2 Å². The van der Waals surface area contributed by atoms with Crippen molar-refractivity contribution in [3.63, 3.8) is 0 Å². The molecule has 0 spiro atoms. The average Bonchev–Trinajstić information content (AvgIpc) is 2.83. The number of nitro groups is 1. The van der Waals surface area contributed by atoms with E-state index in [2.05, 4.69) is 5.32 Å². The molecule has 0 atom stereocenters. The molecule has 1 aliphatic carbocycles. The molecule has 0 saturated heterocycles. The van der Waals surface area contributed by atoms with Gasteiger partial charge in [0.25, 0.3) is 5.69 Å². The van der Waals surface area contributed by atoms with Gasteiger partial charge in [-0.1, -0.05) is 31.0 Å². The summed E-state index contributed by atoms with van der Waals surface area (Å²) in [6.45, 7) is 0.159. The first kappa shape index (κ1) is 14.5. The summed E-state index contributed by atoms with van der Waals surface area (Å²) in [5.74, 6) is -0.146. The third-order valence-electron chi connectivity index (χ3n) is 3.78. The molecule has 108 valence electrons. The molecule has 1 fully saturated rings. The molecular formula is C14H19N3O3. The van der Waals surface area contributed by atoms with Crippen molar-refractivity contribution in [2.45, 2.75) is 44.2 Å². The molecule has 6 heteroatoms. The zero-order chi connectivity index (χ0) is 14.6. The third kappa shape index (κ3) is 3.54. The molecule has 0 unspecified atom stereocenters. The SMILES string of the molecule is NC1(CC(=O)NCc2ccccc2[N+](=O)[O-])CCCC1. The fraction of sp³-hybridized carbons (Fsp3) is 0.500. The van der Waals surface area contributed by atoms with Gasteiger partial charge in [0.15, 0.2) is 0 Å². The van der Waals surface area contributed by atoms with Gasteiger partial charge in [0, 0.05) is 30.1 Å². The van der Waals surface area contributed by atoms with Crippen molar-refractivity contribution in [1.29, 1.82) is 0 Å². The summed E-state index contributed by atoms with van der Waals surface area (Å²) in [6.07, 6.45) is 4.15. The quantitative estimate of drug-likeness (QED) is 0.634. The van der Waals surface area contributed by atoms with E-state index in [4.69, 9.17) is 5.73 Å². The van der Waals surface area contributed by atoms with E-state index in [9.17, 15) is 14.9 Å². The summed E-state index contributed by atoms with van der Waals surface area (Å²) in [7, 11) is 0. The van der Waals surface area contributed by atoms with E-state index in [0.717, 1.165) is 25.7 Å². The maximum atomic E-state index is 11.9. The Balaban J connectivity index is 1.92. The lowest BCUT2D eigenvalue weighted by Gasteiger charge is -2.22. The highest BCUT2D eigenvalue weighted by molar-refractivity contribution is 5.77. The number of nitrogens with one attached hydrogen (secondary N) is 1. The molecule has 6 nitrogen and oxygen atoms in total. The molecule has 1 amide bonds. The number of nitrogens with zero attached hydrogens (tertiary/aromatic N) is 1. The number of nitrogens with two attached hydrogens (primary N) is 1. The van der Waals surface area contributed by atoms with Gasteiger partial charge < -0.3 is 11.1 Å². The van der Waals surface area contributed by atoms with E-state index in [0.29, 0.717) is 5.56 Å². The molecule has 0 aromatic heterocycles. The van der Waals surface area contributed by atoms with Crippen LogP contribution in [0.3, 0.4) is 0 Å². The first-order valence-electron chi connectivity index (χ1n) is 6.78. The lowest BCUT2D eigenvalue weighted by atomic mass is 9.94. The van der Waals surface area contributed by atoms with Crippen molar-refractivity contribution in [1.82, 2.24) is 5.32 Å². The van der Waals surface area contributed by atoms with E-state index >= 15 is 0 Å². The van der Waals surface area contributed by atoms with Gasteiger partial charge in [0.2, 0.25) is 5.91 Å². The Morgan fingerprint density at radius 2 is 2.00 bits per heavy atom. The molecule has 0 bridgehead atoms. The monoisotopic (exact) mass is 277 g/mol. The van der Waals surface area contributed by atoms with Gasteiger partial charge in [-0.25, -0.2) is 0 Å². The summed E-state index contributed by atoms with van der Waals surface area (Å²) < 4.78 is 0. The number of nitro benzene ring substituents is 1. The van der Waals surface area contributed by atoms with Crippen molar-refractivity contribution in [2.24, 2.45) is 5.73 Å². The summed E-state index contributed by atoms with van der Waals surface area (Å²) in [5.41, 5.74) is 6.27. The van der Waals surface area contributed by atoms with Crippen LogP contribution in [0.1, 0.15) is 37.7 Å². The van der Waals surface area contributed by atoms with Gasteiger partial charge in [0.05, 0.1) is 4.92 Å². The Kier molecular flexibility index (Phi) is 4.34. The number of carbonyl (C=O) groups is 1. The van der Waals surface area contributed by atoms with Crippen molar-refractivity contribution < 1.29 is 9.72 Å². The van der Waals surface area contributed by atoms with Crippen LogP contribution in [0.4, 0.5) is 5.69 Å². The Hall–Kier alpha value is -1.95. The van der Waals surface area contributed by atoms with Crippen LogP contribution in [0, 0.1) is 10.1 Å². The lowest BCUT2D eigenvalue weighted by molar-refractivity contribution is -0.385. The summed E-state index contributed by atoms with van der Waals surface area (Å²) in [4.78, 5) is 22.3. The average molecular weight is 277 g/mol. The topological polar surface area (TPSA) is 98.3 Å². The summed E-state index contributed by atoms with van der Waals surface area (Å²) in [5, 5.41) is 13.6. The maximum absolute atomic E-state index is 11.9. The highest BCUT2D eigenvalue weighted by Gasteiger charge is 2.31. The van der Waals surface area contributed by atoms with Crippen LogP contribution >= 0.6 is 0 Å². The largest absolute Gasteiger partial charge is 0.352 e. The fourth-order valence-corrected chi connectivity index (χ4v) is 2.67. The first-order valence-corrected chi connectivity index (χ1v) is 6.78. The number of hydrogen-bond donors (Lipinski definition) is 2. The molecule has 0 aliphatic heterocycles. The number of para-hydroxylation sites is 1. The molecule has 3 N–H and O–H groups in total. The zero-order valence-electron chi connectivity index (χ0n) is 11.3. The molecule has 0 radical (unpaired) electrons. The number of benzene rings is 1. The molecule has 1 saturated carbocycles. The van der Waals surface area contributed by atoms with Gasteiger partial charge >= 0.3 is 0 Å². The molecular weight excluding hydrogens is 258 g/mol. The van der Waals surface area contributed by atoms with Gasteiger partial charge in [-0.05, 0) is 12.8 Å². The Morgan fingerprint density at radius 1 is 1.35 bits per heavy atom. The number of rotatable bonds is 5. The standard InChI is InChI=1S/C14H19N3O3/c15-14(7-3-4-8-14)9-13(18)16-10-11-5-1-2-6-12(11)17(19)20/h1-2,5-6H,3-4,7-10,15H2,(H,16,18). The molecule has 1 aromatic rings. The second-order valence-electron chi connectivity index (χ2n) is 5.41. The van der Waals surface area contributed by atoms with Gasteiger partial charge in [-0.3, -0.25) is 14.9 Å². The van der Waals surface area contributed by atoms with Crippen molar-refractivity contribution in [3.8, 4) is 0 Å². The second kappa shape index (κ2) is 6.00. The van der Waals surface area contributed by atoms with Crippen molar-refractivity contribution in [2.75, 3.05) is 0 Å². The summed E-state index contributed by atoms with van der Waals surface area (Å²) in [6, 6.07) is 6.40. The highest BCUT2D eigenvalue weighted by atomic mass is 16.6. The number of carbonyl (C=O) groups excluding carboxylic acids is 1. The molecule has 2 rings (SSSR count). The minimum absolute atomic E-state index is 0.0242. The first-order chi connectivity index (χ1) is 9.50. The van der Waals surface area contributed by atoms with Gasteiger partial charge in [-0.15, -0.1) is 0 Å². The predicted octanol–water partition coefficient (Wildman–Crippen LogP) is 1.87. The van der Waals surface area contributed by atoms with E-state index in [1.165, 1.54) is 6.07 Å². The third-order valence-corrected chi connectivity index (χ3v) is 3.78. The van der Waals surface area contributed by atoms with Gasteiger partial charge in [-0.2, -0.15) is 0 Å². The van der Waals surface area contributed by atoms with E-state index in [1.807, 2.05) is 0 Å². The molecule has 20 heavy (non-hydrogen) atoms. The summed E-state index contributed by atoms with van der Waals surface area (Å²) >= 11 is 0. The number of hydrogen-bond acceptors (Lipinski definition) is 4. The van der Waals surface area contributed by atoms with Crippen LogP contribution in [0.25, 0.3) is 0 Å². The highest BCUT2D eigenvalue weighted by Crippen LogP contribution is 2.29. The van der Waals surface area contributed by atoms with Crippen LogP contribution < -0.4 is 11.1 Å². The molecule has 1 aliphatic rings. The van der Waals surface area contributed by atoms with Crippen LogP contribution in [-0.4, -0.2) is 16.4 Å². The zero-order valence-corrected chi connectivity index (χ0v) is 11.3. The Labute approximate surface area is 117 Å². The van der Waals surface area contributed by atoms with E-state index in [-0.39, 0.29) is 24.6 Å². The Morgan fingerprint density at radius 3 is 2.65 bits per heavy atom.